The van der Waals surface area contributed by atoms with Crippen molar-refractivity contribution in [2.24, 2.45) is 0 Å². The minimum atomic E-state index is -0.528. The van der Waals surface area contributed by atoms with Gasteiger partial charge in [0.15, 0.2) is 0 Å². The van der Waals surface area contributed by atoms with Gasteiger partial charge in [-0.05, 0) is 19.9 Å². The van der Waals surface area contributed by atoms with Crippen LogP contribution in [0.25, 0.3) is 5.65 Å². The summed E-state index contributed by atoms with van der Waals surface area (Å²) in [7, 11) is 0. The summed E-state index contributed by atoms with van der Waals surface area (Å²) in [6, 6.07) is 1.82. The molecule has 1 atom stereocenters. The topological polar surface area (TPSA) is 50.4 Å². The second-order valence-corrected chi connectivity index (χ2v) is 3.06. The van der Waals surface area contributed by atoms with Crippen LogP contribution in [0.2, 0.25) is 0 Å². The van der Waals surface area contributed by atoms with E-state index in [2.05, 4.69) is 9.97 Å². The molecule has 0 fully saturated rings. The van der Waals surface area contributed by atoms with Gasteiger partial charge in [0, 0.05) is 12.4 Å². The van der Waals surface area contributed by atoms with Crippen LogP contribution in [0.1, 0.15) is 24.5 Å². The van der Waals surface area contributed by atoms with Gasteiger partial charge in [-0.1, -0.05) is 0 Å². The van der Waals surface area contributed by atoms with Crippen molar-refractivity contribution < 1.29 is 5.11 Å². The fraction of sp³-hybridized carbons (Fsp3) is 0.333. The number of hydrogen-bond donors (Lipinski definition) is 1. The number of fused-ring (bicyclic) bond motifs is 1. The van der Waals surface area contributed by atoms with Crippen LogP contribution in [0.15, 0.2) is 18.5 Å². The first kappa shape index (κ1) is 8.19. The van der Waals surface area contributed by atoms with Gasteiger partial charge < -0.3 is 5.11 Å². The predicted molar refractivity (Wildman–Crippen MR) is 48.4 cm³/mol. The Hall–Kier alpha value is -1.42. The first-order valence-electron chi connectivity index (χ1n) is 4.17. The Morgan fingerprint density at radius 2 is 2.31 bits per heavy atom. The molecule has 0 aromatic carbocycles. The molecule has 0 aliphatic heterocycles. The number of imidazole rings is 1. The summed E-state index contributed by atoms with van der Waals surface area (Å²) in [6.07, 6.45) is 2.99. The second-order valence-electron chi connectivity index (χ2n) is 3.06. The van der Waals surface area contributed by atoms with E-state index in [1.54, 1.807) is 13.1 Å². The summed E-state index contributed by atoms with van der Waals surface area (Å²) in [5.41, 5.74) is 1.50. The van der Waals surface area contributed by atoms with Crippen molar-refractivity contribution in [1.29, 1.82) is 0 Å². The van der Waals surface area contributed by atoms with Crippen LogP contribution in [0, 0.1) is 6.92 Å². The van der Waals surface area contributed by atoms with Gasteiger partial charge in [0.1, 0.15) is 11.5 Å². The Kier molecular flexibility index (Phi) is 1.77. The maximum absolute atomic E-state index is 9.32. The van der Waals surface area contributed by atoms with Gasteiger partial charge >= 0.3 is 0 Å². The van der Waals surface area contributed by atoms with E-state index in [9.17, 15) is 5.11 Å². The van der Waals surface area contributed by atoms with Gasteiger partial charge in [-0.15, -0.1) is 0 Å². The van der Waals surface area contributed by atoms with Gasteiger partial charge in [0.05, 0.1) is 11.8 Å². The average molecular weight is 177 g/mol. The molecule has 1 N–H and O–H groups in total. The molecule has 4 nitrogen and oxygen atoms in total. The summed E-state index contributed by atoms with van der Waals surface area (Å²) < 4.78 is 1.86. The SMILES string of the molecule is Cc1nccc2nc(C(C)O)cn12. The minimum absolute atomic E-state index is 0.528. The molecule has 2 aromatic rings. The lowest BCUT2D eigenvalue weighted by molar-refractivity contribution is 0.195. The molecule has 13 heavy (non-hydrogen) atoms. The summed E-state index contributed by atoms with van der Waals surface area (Å²) in [5, 5.41) is 9.32. The van der Waals surface area contributed by atoms with E-state index < -0.39 is 6.10 Å². The normalized spacial score (nSPS) is 13.5. The van der Waals surface area contributed by atoms with Gasteiger partial charge in [0.2, 0.25) is 0 Å². The Balaban J connectivity index is 2.68. The highest BCUT2D eigenvalue weighted by molar-refractivity contribution is 5.39. The fourth-order valence-corrected chi connectivity index (χ4v) is 1.27. The largest absolute Gasteiger partial charge is 0.387 e. The van der Waals surface area contributed by atoms with E-state index in [1.807, 2.05) is 23.6 Å². The monoisotopic (exact) mass is 177 g/mol. The molecular formula is C9H11N3O. The quantitative estimate of drug-likeness (QED) is 0.709. The molecule has 1 unspecified atom stereocenters. The number of rotatable bonds is 1. The standard InChI is InChI=1S/C9H11N3O/c1-6(13)8-5-12-7(2)10-4-3-9(12)11-8/h3-6,13H,1-2H3. The third kappa shape index (κ3) is 1.29. The Morgan fingerprint density at radius 3 is 2.92 bits per heavy atom. The predicted octanol–water partition coefficient (Wildman–Crippen LogP) is 1.09. The molecule has 0 aliphatic rings. The number of aliphatic hydroxyl groups is 1. The smallest absolute Gasteiger partial charge is 0.140 e. The molecule has 2 aromatic heterocycles. The molecular weight excluding hydrogens is 166 g/mol. The molecule has 0 aliphatic carbocycles. The summed E-state index contributed by atoms with van der Waals surface area (Å²) in [5.74, 6) is 0.872. The van der Waals surface area contributed by atoms with E-state index in [0.717, 1.165) is 11.5 Å². The Labute approximate surface area is 75.9 Å². The maximum Gasteiger partial charge on any atom is 0.140 e. The fourth-order valence-electron chi connectivity index (χ4n) is 1.27. The third-order valence-corrected chi connectivity index (χ3v) is 2.01. The van der Waals surface area contributed by atoms with Crippen LogP contribution < -0.4 is 0 Å². The van der Waals surface area contributed by atoms with Crippen molar-refractivity contribution in [1.82, 2.24) is 14.4 Å². The lowest BCUT2D eigenvalue weighted by atomic mass is 10.3. The molecule has 0 saturated heterocycles. The lowest BCUT2D eigenvalue weighted by Crippen LogP contribution is -1.91. The van der Waals surface area contributed by atoms with E-state index in [4.69, 9.17) is 0 Å². The maximum atomic E-state index is 9.32. The second kappa shape index (κ2) is 2.81. The summed E-state index contributed by atoms with van der Waals surface area (Å²) >= 11 is 0. The summed E-state index contributed by atoms with van der Waals surface area (Å²) in [6.45, 7) is 3.60. The van der Waals surface area contributed by atoms with E-state index >= 15 is 0 Å². The number of aromatic nitrogens is 3. The van der Waals surface area contributed by atoms with Crippen LogP contribution in [0.5, 0.6) is 0 Å². The van der Waals surface area contributed by atoms with Crippen molar-refractivity contribution in [3.05, 3.63) is 30.0 Å². The molecule has 2 rings (SSSR count). The Bertz CT molecular complexity index is 433. The minimum Gasteiger partial charge on any atom is -0.387 e. The van der Waals surface area contributed by atoms with Gasteiger partial charge in [-0.25, -0.2) is 9.97 Å². The molecule has 0 amide bonds. The Morgan fingerprint density at radius 1 is 1.54 bits per heavy atom. The first-order chi connectivity index (χ1) is 6.18. The zero-order chi connectivity index (χ0) is 9.42. The van der Waals surface area contributed by atoms with Crippen molar-refractivity contribution >= 4 is 5.65 Å². The molecule has 0 saturated carbocycles. The summed E-state index contributed by atoms with van der Waals surface area (Å²) in [4.78, 5) is 8.37. The molecule has 4 heteroatoms. The number of hydrogen-bond acceptors (Lipinski definition) is 3. The van der Waals surface area contributed by atoms with E-state index in [1.165, 1.54) is 0 Å². The zero-order valence-corrected chi connectivity index (χ0v) is 7.60. The van der Waals surface area contributed by atoms with Crippen molar-refractivity contribution in [2.75, 3.05) is 0 Å². The van der Waals surface area contributed by atoms with Crippen LogP contribution in [0.3, 0.4) is 0 Å². The molecule has 0 bridgehead atoms. The van der Waals surface area contributed by atoms with Crippen LogP contribution in [0.4, 0.5) is 0 Å². The lowest BCUT2D eigenvalue weighted by Gasteiger charge is -1.95. The van der Waals surface area contributed by atoms with Crippen molar-refractivity contribution in [3.8, 4) is 0 Å². The van der Waals surface area contributed by atoms with Crippen LogP contribution in [-0.4, -0.2) is 19.5 Å². The van der Waals surface area contributed by atoms with E-state index in [0.29, 0.717) is 5.69 Å². The number of aliphatic hydroxyl groups excluding tert-OH is 1. The van der Waals surface area contributed by atoms with Crippen molar-refractivity contribution in [2.45, 2.75) is 20.0 Å². The highest BCUT2D eigenvalue weighted by Gasteiger charge is 2.07. The average Bonchev–Trinajstić information content (AvgIpc) is 2.49. The molecule has 0 radical (unpaired) electrons. The third-order valence-electron chi connectivity index (χ3n) is 2.01. The molecule has 0 spiro atoms. The van der Waals surface area contributed by atoms with Crippen molar-refractivity contribution in [3.63, 3.8) is 0 Å². The number of nitrogens with zero attached hydrogens (tertiary/aromatic N) is 3. The van der Waals surface area contributed by atoms with E-state index in [-0.39, 0.29) is 0 Å². The van der Waals surface area contributed by atoms with Gasteiger partial charge in [-0.3, -0.25) is 4.40 Å². The van der Waals surface area contributed by atoms with Crippen LogP contribution in [-0.2, 0) is 0 Å². The number of aryl methyl sites for hydroxylation is 1. The van der Waals surface area contributed by atoms with Crippen LogP contribution >= 0.6 is 0 Å². The molecule has 68 valence electrons. The highest BCUT2D eigenvalue weighted by atomic mass is 16.3. The molecule has 2 heterocycles. The van der Waals surface area contributed by atoms with Gasteiger partial charge in [-0.2, -0.15) is 0 Å². The first-order valence-corrected chi connectivity index (χ1v) is 4.17. The zero-order valence-electron chi connectivity index (χ0n) is 7.60. The van der Waals surface area contributed by atoms with Gasteiger partial charge in [0.25, 0.3) is 0 Å². The highest BCUT2D eigenvalue weighted by Crippen LogP contribution is 2.12.